The highest BCUT2D eigenvalue weighted by Gasteiger charge is 2.30. The largest absolute Gasteiger partial charge is 0.480 e. The lowest BCUT2D eigenvalue weighted by molar-refractivity contribution is -0.140. The SMILES string of the molecule is O=C(O)CN1CCCCC1C(=O)Nc1ccc(Cl)cc1Cl. The molecule has 0 bridgehead atoms. The van der Waals surface area contributed by atoms with Crippen molar-refractivity contribution in [1.29, 1.82) is 0 Å². The number of hydrogen-bond donors (Lipinski definition) is 2. The first-order valence-corrected chi connectivity index (χ1v) is 7.44. The molecule has 0 aliphatic carbocycles. The predicted molar refractivity (Wildman–Crippen MR) is 81.9 cm³/mol. The van der Waals surface area contributed by atoms with Crippen LogP contribution in [0.4, 0.5) is 5.69 Å². The molecule has 0 saturated carbocycles. The van der Waals surface area contributed by atoms with Crippen LogP contribution >= 0.6 is 23.2 Å². The van der Waals surface area contributed by atoms with Crippen molar-refractivity contribution >= 4 is 40.8 Å². The third-order valence-corrected chi connectivity index (χ3v) is 3.99. The molecular formula is C14H16Cl2N2O3. The molecule has 1 aromatic rings. The number of hydrogen-bond acceptors (Lipinski definition) is 3. The smallest absolute Gasteiger partial charge is 0.317 e. The minimum absolute atomic E-state index is 0.133. The molecule has 1 aliphatic rings. The maximum atomic E-state index is 12.4. The number of carbonyl (C=O) groups excluding carboxylic acids is 1. The number of piperidine rings is 1. The monoisotopic (exact) mass is 330 g/mol. The van der Waals surface area contributed by atoms with E-state index in [4.69, 9.17) is 28.3 Å². The molecule has 1 saturated heterocycles. The van der Waals surface area contributed by atoms with Crippen LogP contribution in [0.3, 0.4) is 0 Å². The Morgan fingerprint density at radius 2 is 2.10 bits per heavy atom. The Hall–Kier alpha value is -1.30. The molecule has 0 aromatic heterocycles. The molecule has 2 rings (SSSR count). The molecule has 1 amide bonds. The minimum Gasteiger partial charge on any atom is -0.480 e. The standard InChI is InChI=1S/C14H16Cl2N2O3/c15-9-4-5-11(10(16)7-9)17-14(21)12-3-1-2-6-18(12)8-13(19)20/h4-5,7,12H,1-3,6,8H2,(H,17,21)(H,19,20). The van der Waals surface area contributed by atoms with Crippen molar-refractivity contribution in [3.8, 4) is 0 Å². The van der Waals surface area contributed by atoms with Gasteiger partial charge in [0.25, 0.3) is 0 Å². The third kappa shape index (κ3) is 4.33. The number of carboxylic acids is 1. The molecule has 1 fully saturated rings. The molecular weight excluding hydrogens is 315 g/mol. The van der Waals surface area contributed by atoms with Gasteiger partial charge >= 0.3 is 5.97 Å². The summed E-state index contributed by atoms with van der Waals surface area (Å²) in [6.07, 6.45) is 2.45. The van der Waals surface area contributed by atoms with Gasteiger partial charge < -0.3 is 10.4 Å². The van der Waals surface area contributed by atoms with Gasteiger partial charge in [-0.25, -0.2) is 0 Å². The van der Waals surface area contributed by atoms with Gasteiger partial charge in [0.15, 0.2) is 0 Å². The predicted octanol–water partition coefficient (Wildman–Crippen LogP) is 2.87. The summed E-state index contributed by atoms with van der Waals surface area (Å²) in [5, 5.41) is 12.5. The lowest BCUT2D eigenvalue weighted by Crippen LogP contribution is -2.49. The van der Waals surface area contributed by atoms with E-state index in [2.05, 4.69) is 5.32 Å². The number of anilines is 1. The van der Waals surface area contributed by atoms with Crippen LogP contribution < -0.4 is 5.32 Å². The summed E-state index contributed by atoms with van der Waals surface area (Å²) in [7, 11) is 0. The lowest BCUT2D eigenvalue weighted by atomic mass is 10.0. The Bertz CT molecular complexity index is 551. The average molecular weight is 331 g/mol. The van der Waals surface area contributed by atoms with Gasteiger partial charge in [-0.1, -0.05) is 29.6 Å². The van der Waals surface area contributed by atoms with E-state index < -0.39 is 12.0 Å². The van der Waals surface area contributed by atoms with E-state index in [9.17, 15) is 9.59 Å². The van der Waals surface area contributed by atoms with E-state index in [0.29, 0.717) is 28.7 Å². The van der Waals surface area contributed by atoms with Gasteiger partial charge in [0, 0.05) is 5.02 Å². The summed E-state index contributed by atoms with van der Waals surface area (Å²) in [4.78, 5) is 24.9. The number of benzene rings is 1. The summed E-state index contributed by atoms with van der Waals surface area (Å²) in [5.41, 5.74) is 0.479. The number of nitrogens with one attached hydrogen (secondary N) is 1. The summed E-state index contributed by atoms with van der Waals surface area (Å²) in [6, 6.07) is 4.38. The van der Waals surface area contributed by atoms with Crippen molar-refractivity contribution in [3.05, 3.63) is 28.2 Å². The molecule has 1 heterocycles. The Labute approximate surface area is 132 Å². The molecule has 114 valence electrons. The van der Waals surface area contributed by atoms with Gasteiger partial charge in [-0.15, -0.1) is 0 Å². The normalized spacial score (nSPS) is 19.2. The summed E-state index contributed by atoms with van der Waals surface area (Å²) in [6.45, 7) is 0.477. The van der Waals surface area contributed by atoms with Crippen LogP contribution in [0, 0.1) is 0 Å². The Morgan fingerprint density at radius 1 is 1.33 bits per heavy atom. The van der Waals surface area contributed by atoms with E-state index in [1.807, 2.05) is 0 Å². The molecule has 7 heteroatoms. The molecule has 1 unspecified atom stereocenters. The van der Waals surface area contributed by atoms with Gasteiger partial charge in [0.2, 0.25) is 5.91 Å². The van der Waals surface area contributed by atoms with Crippen LogP contribution in [-0.2, 0) is 9.59 Å². The fourth-order valence-electron chi connectivity index (χ4n) is 2.46. The van der Waals surface area contributed by atoms with Crippen molar-refractivity contribution in [2.75, 3.05) is 18.4 Å². The van der Waals surface area contributed by atoms with Crippen molar-refractivity contribution in [2.45, 2.75) is 25.3 Å². The minimum atomic E-state index is -0.931. The number of likely N-dealkylation sites (tertiary alicyclic amines) is 1. The average Bonchev–Trinajstić information content (AvgIpc) is 2.42. The number of aliphatic carboxylic acids is 1. The lowest BCUT2D eigenvalue weighted by Gasteiger charge is -2.33. The number of rotatable bonds is 4. The van der Waals surface area contributed by atoms with Gasteiger partial charge in [-0.05, 0) is 37.6 Å². The first kappa shape index (κ1) is 16.1. The fourth-order valence-corrected chi connectivity index (χ4v) is 2.91. The van der Waals surface area contributed by atoms with Crippen molar-refractivity contribution in [3.63, 3.8) is 0 Å². The van der Waals surface area contributed by atoms with Crippen LogP contribution in [-0.4, -0.2) is 41.0 Å². The zero-order chi connectivity index (χ0) is 15.4. The first-order valence-electron chi connectivity index (χ1n) is 6.69. The Balaban J connectivity index is 2.08. The highest BCUT2D eigenvalue weighted by atomic mass is 35.5. The number of amides is 1. The van der Waals surface area contributed by atoms with Crippen molar-refractivity contribution in [1.82, 2.24) is 4.90 Å². The van der Waals surface area contributed by atoms with Crippen LogP contribution in [0.1, 0.15) is 19.3 Å². The van der Waals surface area contributed by atoms with Crippen molar-refractivity contribution < 1.29 is 14.7 Å². The second-order valence-electron chi connectivity index (χ2n) is 4.99. The Morgan fingerprint density at radius 3 is 2.76 bits per heavy atom. The molecule has 1 aliphatic heterocycles. The second-order valence-corrected chi connectivity index (χ2v) is 5.83. The summed E-state index contributed by atoms with van der Waals surface area (Å²) >= 11 is 11.8. The van der Waals surface area contributed by atoms with Crippen LogP contribution in [0.15, 0.2) is 18.2 Å². The number of carboxylic acid groups (broad SMARTS) is 1. The van der Waals surface area contributed by atoms with Crippen molar-refractivity contribution in [2.24, 2.45) is 0 Å². The van der Waals surface area contributed by atoms with Gasteiger partial charge in [-0.2, -0.15) is 0 Å². The van der Waals surface area contributed by atoms with Crippen LogP contribution in [0.2, 0.25) is 10.0 Å². The fraction of sp³-hybridized carbons (Fsp3) is 0.429. The summed E-state index contributed by atoms with van der Waals surface area (Å²) < 4.78 is 0. The number of nitrogens with zero attached hydrogens (tertiary/aromatic N) is 1. The zero-order valence-corrected chi connectivity index (χ0v) is 12.8. The van der Waals surface area contributed by atoms with Crippen LogP contribution in [0.5, 0.6) is 0 Å². The molecule has 21 heavy (non-hydrogen) atoms. The van der Waals surface area contributed by atoms with E-state index >= 15 is 0 Å². The zero-order valence-electron chi connectivity index (χ0n) is 11.3. The molecule has 1 aromatic carbocycles. The van der Waals surface area contributed by atoms with E-state index in [-0.39, 0.29) is 12.5 Å². The molecule has 0 spiro atoms. The van der Waals surface area contributed by atoms with E-state index in [0.717, 1.165) is 12.8 Å². The quantitative estimate of drug-likeness (QED) is 0.890. The number of halogens is 2. The maximum Gasteiger partial charge on any atom is 0.317 e. The maximum absolute atomic E-state index is 12.4. The van der Waals surface area contributed by atoms with Crippen LogP contribution in [0.25, 0.3) is 0 Å². The highest BCUT2D eigenvalue weighted by Crippen LogP contribution is 2.26. The van der Waals surface area contributed by atoms with Gasteiger partial charge in [0.1, 0.15) is 0 Å². The van der Waals surface area contributed by atoms with Gasteiger partial charge in [-0.3, -0.25) is 14.5 Å². The summed E-state index contributed by atoms with van der Waals surface area (Å²) in [5.74, 6) is -1.17. The third-order valence-electron chi connectivity index (χ3n) is 3.44. The second kappa shape index (κ2) is 7.11. The highest BCUT2D eigenvalue weighted by molar-refractivity contribution is 6.36. The van der Waals surface area contributed by atoms with E-state index in [1.165, 1.54) is 0 Å². The molecule has 5 nitrogen and oxygen atoms in total. The first-order chi connectivity index (χ1) is 9.97. The van der Waals surface area contributed by atoms with E-state index in [1.54, 1.807) is 23.1 Å². The number of carbonyl (C=O) groups is 2. The molecule has 0 radical (unpaired) electrons. The Kier molecular flexibility index (Phi) is 5.45. The van der Waals surface area contributed by atoms with Gasteiger partial charge in [0.05, 0.1) is 23.3 Å². The topological polar surface area (TPSA) is 69.6 Å². The molecule has 2 N–H and O–H groups in total. The molecule has 1 atom stereocenters.